The van der Waals surface area contributed by atoms with Crippen LogP contribution in [0, 0.1) is 0 Å². The predicted molar refractivity (Wildman–Crippen MR) is 54.5 cm³/mol. The fourth-order valence-electron chi connectivity index (χ4n) is 1.43. The summed E-state index contributed by atoms with van der Waals surface area (Å²) in [6.07, 6.45) is 2.36. The monoisotopic (exact) mass is 174 g/mol. The SMILES string of the molecule is CC[C]([Al])(CC)c1ccccc1. The minimum absolute atomic E-state index is 0.293. The van der Waals surface area contributed by atoms with Gasteiger partial charge in [-0.05, 0) is 0 Å². The molecule has 1 aromatic carbocycles. The first-order chi connectivity index (χ1) is 5.73. The van der Waals surface area contributed by atoms with Crippen molar-refractivity contribution in [3.63, 3.8) is 0 Å². The Morgan fingerprint density at radius 2 is 1.58 bits per heavy atom. The molecule has 62 valence electrons. The molecular weight excluding hydrogens is 159 g/mol. The van der Waals surface area contributed by atoms with Crippen molar-refractivity contribution < 1.29 is 0 Å². The molecule has 1 heteroatoms. The topological polar surface area (TPSA) is 0 Å². The van der Waals surface area contributed by atoms with E-state index in [1.165, 1.54) is 18.4 Å². The van der Waals surface area contributed by atoms with Gasteiger partial charge in [-0.3, -0.25) is 0 Å². The lowest BCUT2D eigenvalue weighted by atomic mass is 9.92. The fraction of sp³-hybridized carbons (Fsp3) is 0.455. The van der Waals surface area contributed by atoms with Crippen molar-refractivity contribution in [3.8, 4) is 0 Å². The third kappa shape index (κ3) is 1.91. The van der Waals surface area contributed by atoms with Gasteiger partial charge in [-0.2, -0.15) is 0 Å². The summed E-state index contributed by atoms with van der Waals surface area (Å²) in [4.78, 5) is 0. The summed E-state index contributed by atoms with van der Waals surface area (Å²) in [5.41, 5.74) is 1.43. The zero-order chi connectivity index (χ0) is 9.03. The van der Waals surface area contributed by atoms with Crippen LogP contribution in [0.2, 0.25) is 0 Å². The molecule has 0 amide bonds. The predicted octanol–water partition coefficient (Wildman–Crippen LogP) is 2.87. The third-order valence-corrected chi connectivity index (χ3v) is 3.76. The second-order valence-electron chi connectivity index (χ2n) is 3.23. The number of rotatable bonds is 3. The average molecular weight is 174 g/mol. The van der Waals surface area contributed by atoms with E-state index in [0.29, 0.717) is 4.28 Å². The first kappa shape index (κ1) is 9.84. The Morgan fingerprint density at radius 1 is 1.08 bits per heavy atom. The molecule has 0 saturated carbocycles. The molecule has 0 aliphatic carbocycles. The molecule has 0 aliphatic heterocycles. The van der Waals surface area contributed by atoms with Gasteiger partial charge in [-0.25, -0.2) is 0 Å². The molecule has 0 atom stereocenters. The molecule has 1 rings (SSSR count). The summed E-state index contributed by atoms with van der Waals surface area (Å²) >= 11 is 2.98. The molecule has 0 bridgehead atoms. The lowest BCUT2D eigenvalue weighted by molar-refractivity contribution is 0.565. The Labute approximate surface area is 83.4 Å². The molecule has 0 saturated heterocycles. The summed E-state index contributed by atoms with van der Waals surface area (Å²) in [6.45, 7) is 4.48. The molecule has 0 aromatic heterocycles. The average Bonchev–Trinajstić information content (AvgIpc) is 2.18. The van der Waals surface area contributed by atoms with Gasteiger partial charge in [0.1, 0.15) is 16.3 Å². The Kier molecular flexibility index (Phi) is 3.38. The number of hydrogen-bond acceptors (Lipinski definition) is 0. The largest absolute Gasteiger partial charge is 0.137 e. The summed E-state index contributed by atoms with van der Waals surface area (Å²) in [6, 6.07) is 10.7. The normalized spacial score (nSPS) is 11.5. The van der Waals surface area contributed by atoms with Gasteiger partial charge in [-0.1, -0.05) is 66.9 Å². The lowest BCUT2D eigenvalue weighted by Crippen LogP contribution is -2.24. The van der Waals surface area contributed by atoms with E-state index in [4.69, 9.17) is 0 Å². The maximum Gasteiger partial charge on any atom is 0.137 e. The minimum Gasteiger partial charge on any atom is -0.0740 e. The van der Waals surface area contributed by atoms with Gasteiger partial charge in [0.15, 0.2) is 0 Å². The van der Waals surface area contributed by atoms with Crippen molar-refractivity contribution in [1.29, 1.82) is 0 Å². The first-order valence-electron chi connectivity index (χ1n) is 4.57. The summed E-state index contributed by atoms with van der Waals surface area (Å²) < 4.78 is 0.293. The van der Waals surface area contributed by atoms with E-state index >= 15 is 0 Å². The summed E-state index contributed by atoms with van der Waals surface area (Å²) in [5.74, 6) is 0. The van der Waals surface area contributed by atoms with E-state index in [1.807, 2.05) is 0 Å². The van der Waals surface area contributed by atoms with Crippen LogP contribution in [-0.2, 0) is 4.28 Å². The van der Waals surface area contributed by atoms with Gasteiger partial charge in [0, 0.05) is 0 Å². The van der Waals surface area contributed by atoms with Gasteiger partial charge >= 0.3 is 0 Å². The molecule has 0 aliphatic rings. The summed E-state index contributed by atoms with van der Waals surface area (Å²) in [7, 11) is 0. The maximum atomic E-state index is 2.98. The van der Waals surface area contributed by atoms with E-state index in [-0.39, 0.29) is 0 Å². The zero-order valence-corrected chi connectivity index (χ0v) is 9.03. The highest BCUT2D eigenvalue weighted by atomic mass is 27.0. The molecule has 1 aromatic rings. The van der Waals surface area contributed by atoms with Crippen LogP contribution in [0.3, 0.4) is 0 Å². The van der Waals surface area contributed by atoms with Crippen molar-refractivity contribution >= 4 is 16.3 Å². The van der Waals surface area contributed by atoms with Gasteiger partial charge in [0.25, 0.3) is 0 Å². The van der Waals surface area contributed by atoms with E-state index in [1.54, 1.807) is 0 Å². The molecule has 0 nitrogen and oxygen atoms in total. The standard InChI is InChI=1S/C11H15.Al/c1-3-10(4-2)11-8-6-5-7-9-11;/h5-9H,3-4H2,1-2H3;. The molecule has 12 heavy (non-hydrogen) atoms. The number of benzene rings is 1. The molecule has 0 fully saturated rings. The van der Waals surface area contributed by atoms with Gasteiger partial charge < -0.3 is 0 Å². The zero-order valence-electron chi connectivity index (χ0n) is 7.88. The van der Waals surface area contributed by atoms with Crippen molar-refractivity contribution in [1.82, 2.24) is 0 Å². The van der Waals surface area contributed by atoms with Crippen molar-refractivity contribution in [2.24, 2.45) is 0 Å². The Morgan fingerprint density at radius 3 is 2.00 bits per heavy atom. The number of hydrogen-bond donors (Lipinski definition) is 0. The highest BCUT2D eigenvalue weighted by Gasteiger charge is 2.19. The molecule has 2 radical (unpaired) electrons. The highest BCUT2D eigenvalue weighted by molar-refractivity contribution is 6.15. The van der Waals surface area contributed by atoms with E-state index in [9.17, 15) is 0 Å². The Bertz CT molecular complexity index is 224. The molecule has 0 unspecified atom stereocenters. The van der Waals surface area contributed by atoms with E-state index < -0.39 is 0 Å². The smallest absolute Gasteiger partial charge is 0.0740 e. The Balaban J connectivity index is 2.95. The van der Waals surface area contributed by atoms with Crippen LogP contribution in [-0.4, -0.2) is 16.3 Å². The van der Waals surface area contributed by atoms with Crippen LogP contribution in [0.4, 0.5) is 0 Å². The first-order valence-corrected chi connectivity index (χ1v) is 5.15. The van der Waals surface area contributed by atoms with Crippen LogP contribution in [0.25, 0.3) is 0 Å². The maximum absolute atomic E-state index is 2.98. The Hall–Kier alpha value is -0.248. The van der Waals surface area contributed by atoms with Crippen molar-refractivity contribution in [3.05, 3.63) is 35.9 Å². The summed E-state index contributed by atoms with van der Waals surface area (Å²) in [5, 5.41) is 0. The molecular formula is C11H15Al. The van der Waals surface area contributed by atoms with Gasteiger partial charge in [-0.15, -0.1) is 0 Å². The molecule has 0 N–H and O–H groups in total. The minimum atomic E-state index is 0.293. The van der Waals surface area contributed by atoms with Crippen LogP contribution >= 0.6 is 0 Å². The van der Waals surface area contributed by atoms with Crippen molar-refractivity contribution in [2.75, 3.05) is 0 Å². The van der Waals surface area contributed by atoms with Gasteiger partial charge in [0.05, 0.1) is 0 Å². The highest BCUT2D eigenvalue weighted by Crippen LogP contribution is 2.27. The van der Waals surface area contributed by atoms with Gasteiger partial charge in [0.2, 0.25) is 0 Å². The van der Waals surface area contributed by atoms with Crippen LogP contribution < -0.4 is 0 Å². The van der Waals surface area contributed by atoms with E-state index in [2.05, 4.69) is 60.5 Å². The van der Waals surface area contributed by atoms with Crippen LogP contribution in [0.5, 0.6) is 0 Å². The second kappa shape index (κ2) is 4.12. The van der Waals surface area contributed by atoms with E-state index in [0.717, 1.165) is 0 Å². The molecule has 0 heterocycles. The van der Waals surface area contributed by atoms with Crippen LogP contribution in [0.1, 0.15) is 32.3 Å². The fourth-order valence-corrected chi connectivity index (χ4v) is 1.62. The quantitative estimate of drug-likeness (QED) is 0.618. The van der Waals surface area contributed by atoms with Crippen molar-refractivity contribution in [2.45, 2.75) is 31.0 Å². The molecule has 0 spiro atoms. The second-order valence-corrected chi connectivity index (χ2v) is 4.33. The van der Waals surface area contributed by atoms with Crippen LogP contribution in [0.15, 0.2) is 30.3 Å². The third-order valence-electron chi connectivity index (χ3n) is 2.61. The lowest BCUT2D eigenvalue weighted by Gasteiger charge is -2.28.